The molecule has 0 aromatic carbocycles. The summed E-state index contributed by atoms with van der Waals surface area (Å²) in [5, 5.41) is 0. The van der Waals surface area contributed by atoms with Crippen molar-refractivity contribution in [1.29, 1.82) is 0 Å². The lowest BCUT2D eigenvalue weighted by molar-refractivity contribution is -0.113. The van der Waals surface area contributed by atoms with Gasteiger partial charge in [-0.3, -0.25) is 4.79 Å². The van der Waals surface area contributed by atoms with E-state index >= 15 is 0 Å². The van der Waals surface area contributed by atoms with Crippen LogP contribution in [-0.4, -0.2) is 5.91 Å². The molecule has 0 atom stereocenters. The minimum absolute atomic E-state index is 0.386. The summed E-state index contributed by atoms with van der Waals surface area (Å²) in [4.78, 5) is 10.4. The molecule has 0 radical (unpaired) electrons. The van der Waals surface area contributed by atoms with Gasteiger partial charge >= 0.3 is 0 Å². The largest absolute Gasteiger partial charge is 0.366 e. The summed E-state index contributed by atoms with van der Waals surface area (Å²) < 4.78 is 0. The molecule has 2 heteroatoms. The maximum absolute atomic E-state index is 10.4. The van der Waals surface area contributed by atoms with Crippen LogP contribution in [0, 0.1) is 0 Å². The van der Waals surface area contributed by atoms with Gasteiger partial charge in [0, 0.05) is 6.08 Å². The normalized spacial score (nSPS) is 11.6. The van der Waals surface area contributed by atoms with Crippen LogP contribution in [-0.2, 0) is 4.79 Å². The number of nitrogens with two attached hydrogens (primary N) is 1. The van der Waals surface area contributed by atoms with Gasteiger partial charge in [-0.25, -0.2) is 0 Å². The topological polar surface area (TPSA) is 43.1 Å². The second-order valence-corrected chi connectivity index (χ2v) is 4.81. The first-order valence-corrected chi connectivity index (χ1v) is 7.40. The molecule has 0 aliphatic carbocycles. The van der Waals surface area contributed by atoms with E-state index in [-0.39, 0.29) is 5.91 Å². The van der Waals surface area contributed by atoms with Crippen LogP contribution in [0.3, 0.4) is 0 Å². The lowest BCUT2D eigenvalue weighted by Crippen LogP contribution is -2.04. The highest BCUT2D eigenvalue weighted by molar-refractivity contribution is 5.85. The van der Waals surface area contributed by atoms with Gasteiger partial charge in [-0.1, -0.05) is 76.5 Å². The van der Waals surface area contributed by atoms with Crippen LogP contribution in [0.4, 0.5) is 0 Å². The van der Waals surface area contributed by atoms with Crippen LogP contribution in [0.2, 0.25) is 0 Å². The summed E-state index contributed by atoms with van der Waals surface area (Å²) in [6, 6.07) is 0. The number of rotatable bonds is 12. The molecule has 0 aromatic rings. The maximum Gasteiger partial charge on any atom is 0.241 e. The zero-order chi connectivity index (χ0) is 13.5. The lowest BCUT2D eigenvalue weighted by Gasteiger charge is -2.00. The average Bonchev–Trinajstić information content (AvgIpc) is 2.34. The molecule has 2 N–H and O–H groups in total. The Morgan fingerprint density at radius 3 is 2.00 bits per heavy atom. The van der Waals surface area contributed by atoms with E-state index in [1.165, 1.54) is 63.9 Å². The predicted octanol–water partition coefficient (Wildman–Crippen LogP) is 4.51. The highest BCUT2D eigenvalue weighted by Gasteiger charge is 1.90. The molecule has 0 rings (SSSR count). The standard InChI is InChI=1S/C16H29NO/c1-2-3-4-5-6-7-8-9-10-11-12-13-14-15-16(17)18/h12-15H,2-11H2,1H3,(H2,17,18)/b13-12+,15-14+. The number of carbonyl (C=O) groups excluding carboxylic acids is 1. The Balaban J connectivity index is 3.14. The molecule has 0 aliphatic heterocycles. The second kappa shape index (κ2) is 14.0. The highest BCUT2D eigenvalue weighted by atomic mass is 16.1. The first kappa shape index (κ1) is 16.9. The third-order valence-corrected chi connectivity index (χ3v) is 2.98. The number of primary amides is 1. The summed E-state index contributed by atoms with van der Waals surface area (Å²) in [6.45, 7) is 2.26. The highest BCUT2D eigenvalue weighted by Crippen LogP contribution is 2.10. The molecule has 0 aliphatic rings. The third-order valence-electron chi connectivity index (χ3n) is 2.98. The van der Waals surface area contributed by atoms with Gasteiger partial charge in [-0.15, -0.1) is 0 Å². The average molecular weight is 251 g/mol. The van der Waals surface area contributed by atoms with Crippen molar-refractivity contribution < 1.29 is 4.79 Å². The molecule has 0 fully saturated rings. The van der Waals surface area contributed by atoms with E-state index in [4.69, 9.17) is 5.73 Å². The third kappa shape index (κ3) is 14.9. The van der Waals surface area contributed by atoms with Crippen molar-refractivity contribution in [2.75, 3.05) is 0 Å². The number of unbranched alkanes of at least 4 members (excludes halogenated alkanes) is 9. The van der Waals surface area contributed by atoms with Crippen LogP contribution >= 0.6 is 0 Å². The minimum Gasteiger partial charge on any atom is -0.366 e. The fourth-order valence-electron chi connectivity index (χ4n) is 1.90. The van der Waals surface area contributed by atoms with E-state index in [9.17, 15) is 4.79 Å². The Labute approximate surface area is 112 Å². The first-order valence-electron chi connectivity index (χ1n) is 7.40. The predicted molar refractivity (Wildman–Crippen MR) is 79.3 cm³/mol. The summed E-state index contributed by atoms with van der Waals surface area (Å²) in [6.07, 6.45) is 20.4. The fraction of sp³-hybridized carbons (Fsp3) is 0.688. The van der Waals surface area contributed by atoms with Gasteiger partial charge in [0.05, 0.1) is 0 Å². The molecule has 104 valence electrons. The van der Waals surface area contributed by atoms with Crippen molar-refractivity contribution in [3.05, 3.63) is 24.3 Å². The lowest BCUT2D eigenvalue weighted by atomic mass is 10.1. The van der Waals surface area contributed by atoms with Crippen molar-refractivity contribution in [3.8, 4) is 0 Å². The van der Waals surface area contributed by atoms with E-state index in [2.05, 4.69) is 13.0 Å². The zero-order valence-electron chi connectivity index (χ0n) is 11.9. The number of carbonyl (C=O) groups is 1. The molecular formula is C16H29NO. The van der Waals surface area contributed by atoms with E-state index in [1.807, 2.05) is 6.08 Å². The van der Waals surface area contributed by atoms with Crippen LogP contribution in [0.25, 0.3) is 0 Å². The van der Waals surface area contributed by atoms with Crippen LogP contribution in [0.1, 0.15) is 71.1 Å². The quantitative estimate of drug-likeness (QED) is 0.309. The molecule has 18 heavy (non-hydrogen) atoms. The van der Waals surface area contributed by atoms with Gasteiger partial charge in [-0.05, 0) is 12.8 Å². The summed E-state index contributed by atoms with van der Waals surface area (Å²) in [7, 11) is 0. The molecule has 0 aromatic heterocycles. The minimum atomic E-state index is -0.386. The van der Waals surface area contributed by atoms with E-state index in [0.29, 0.717) is 0 Å². The van der Waals surface area contributed by atoms with Crippen molar-refractivity contribution in [2.24, 2.45) is 5.73 Å². The Hall–Kier alpha value is -1.05. The summed E-state index contributed by atoms with van der Waals surface area (Å²) in [5.74, 6) is -0.386. The summed E-state index contributed by atoms with van der Waals surface area (Å²) >= 11 is 0. The van der Waals surface area contributed by atoms with Crippen molar-refractivity contribution >= 4 is 5.91 Å². The molecule has 0 bridgehead atoms. The molecule has 0 heterocycles. The molecule has 2 nitrogen and oxygen atoms in total. The van der Waals surface area contributed by atoms with Crippen LogP contribution in [0.5, 0.6) is 0 Å². The molecule has 0 spiro atoms. The zero-order valence-corrected chi connectivity index (χ0v) is 11.9. The maximum atomic E-state index is 10.4. The molecule has 0 saturated carbocycles. The molecule has 1 amide bonds. The summed E-state index contributed by atoms with van der Waals surface area (Å²) in [5.41, 5.74) is 4.97. The Kier molecular flexibility index (Phi) is 13.2. The first-order chi connectivity index (χ1) is 8.77. The molecule has 0 unspecified atom stereocenters. The van der Waals surface area contributed by atoms with Gasteiger partial charge in [0.25, 0.3) is 0 Å². The van der Waals surface area contributed by atoms with Crippen LogP contribution < -0.4 is 5.73 Å². The van der Waals surface area contributed by atoms with E-state index < -0.39 is 0 Å². The van der Waals surface area contributed by atoms with Gasteiger partial charge in [0.15, 0.2) is 0 Å². The van der Waals surface area contributed by atoms with Gasteiger partial charge < -0.3 is 5.73 Å². The van der Waals surface area contributed by atoms with Crippen LogP contribution in [0.15, 0.2) is 24.3 Å². The number of amides is 1. The number of hydrogen-bond donors (Lipinski definition) is 1. The molecule has 0 saturated heterocycles. The SMILES string of the molecule is CCCCCCCCCCC/C=C/C=C/C(N)=O. The van der Waals surface area contributed by atoms with Gasteiger partial charge in [-0.2, -0.15) is 0 Å². The smallest absolute Gasteiger partial charge is 0.241 e. The fourth-order valence-corrected chi connectivity index (χ4v) is 1.90. The van der Waals surface area contributed by atoms with Crippen molar-refractivity contribution in [1.82, 2.24) is 0 Å². The van der Waals surface area contributed by atoms with E-state index in [1.54, 1.807) is 6.08 Å². The Morgan fingerprint density at radius 2 is 1.44 bits per heavy atom. The number of allylic oxidation sites excluding steroid dienone is 3. The Morgan fingerprint density at radius 1 is 0.889 bits per heavy atom. The Bertz CT molecular complexity index is 243. The molecular weight excluding hydrogens is 222 g/mol. The number of hydrogen-bond acceptors (Lipinski definition) is 1. The van der Waals surface area contributed by atoms with Gasteiger partial charge in [0.1, 0.15) is 0 Å². The van der Waals surface area contributed by atoms with Crippen molar-refractivity contribution in [2.45, 2.75) is 71.1 Å². The monoisotopic (exact) mass is 251 g/mol. The van der Waals surface area contributed by atoms with Gasteiger partial charge in [0.2, 0.25) is 5.91 Å². The second-order valence-electron chi connectivity index (χ2n) is 4.81. The van der Waals surface area contributed by atoms with E-state index in [0.717, 1.165) is 6.42 Å². The van der Waals surface area contributed by atoms with Crippen molar-refractivity contribution in [3.63, 3.8) is 0 Å².